The van der Waals surface area contributed by atoms with Crippen molar-refractivity contribution in [2.75, 3.05) is 5.73 Å². The van der Waals surface area contributed by atoms with Gasteiger partial charge in [0.1, 0.15) is 6.07 Å². The van der Waals surface area contributed by atoms with Crippen LogP contribution in [0.15, 0.2) is 52.4 Å². The van der Waals surface area contributed by atoms with Gasteiger partial charge in [0.15, 0.2) is 5.69 Å². The van der Waals surface area contributed by atoms with E-state index in [4.69, 9.17) is 11.0 Å². The van der Waals surface area contributed by atoms with Crippen LogP contribution in [0.3, 0.4) is 0 Å². The summed E-state index contributed by atoms with van der Waals surface area (Å²) in [5.41, 5.74) is 6.97. The van der Waals surface area contributed by atoms with Crippen LogP contribution >= 0.6 is 11.8 Å². The van der Waals surface area contributed by atoms with E-state index >= 15 is 0 Å². The van der Waals surface area contributed by atoms with Crippen LogP contribution < -0.4 is 5.73 Å². The highest BCUT2D eigenvalue weighted by molar-refractivity contribution is 7.99. The minimum absolute atomic E-state index is 0.427. The lowest BCUT2D eigenvalue weighted by molar-refractivity contribution is 1.18. The van der Waals surface area contributed by atoms with Crippen LogP contribution in [0.25, 0.3) is 0 Å². The minimum Gasteiger partial charge on any atom is -0.398 e. The number of rotatable bonds is 2. The number of aromatic nitrogens is 1. The van der Waals surface area contributed by atoms with Crippen LogP contribution in [-0.2, 0) is 0 Å². The molecule has 0 aliphatic carbocycles. The fraction of sp³-hybridized carbons (Fsp3) is 0. The van der Waals surface area contributed by atoms with Crippen molar-refractivity contribution in [1.82, 2.24) is 4.98 Å². The fourth-order valence-electron chi connectivity index (χ4n) is 1.25. The Bertz CT molecular complexity index is 546. The molecule has 0 saturated carbocycles. The molecule has 0 saturated heterocycles. The topological polar surface area (TPSA) is 62.7 Å². The number of hydrogen-bond acceptors (Lipinski definition) is 4. The van der Waals surface area contributed by atoms with Crippen molar-refractivity contribution in [2.24, 2.45) is 0 Å². The first-order chi connectivity index (χ1) is 7.81. The summed E-state index contributed by atoms with van der Waals surface area (Å²) in [5, 5.41) is 8.91. The molecule has 1 aromatic heterocycles. The first kappa shape index (κ1) is 10.5. The third-order valence-corrected chi connectivity index (χ3v) is 3.16. The molecule has 0 fully saturated rings. The Morgan fingerprint density at radius 2 is 1.88 bits per heavy atom. The summed E-state index contributed by atoms with van der Waals surface area (Å²) < 4.78 is 0. The predicted molar refractivity (Wildman–Crippen MR) is 63.9 cm³/mol. The molecule has 0 amide bonds. The molecular weight excluding hydrogens is 218 g/mol. The van der Waals surface area contributed by atoms with Crippen LogP contribution in [0.1, 0.15) is 5.69 Å². The highest BCUT2D eigenvalue weighted by atomic mass is 32.2. The summed E-state index contributed by atoms with van der Waals surface area (Å²) in [5.74, 6) is 0. The molecule has 0 unspecified atom stereocenters. The van der Waals surface area contributed by atoms with Crippen molar-refractivity contribution in [3.05, 3.63) is 48.3 Å². The van der Waals surface area contributed by atoms with Crippen molar-refractivity contribution in [3.8, 4) is 6.07 Å². The smallest absolute Gasteiger partial charge is 0.154 e. The lowest BCUT2D eigenvalue weighted by Gasteiger charge is -2.05. The fourth-order valence-corrected chi connectivity index (χ4v) is 2.16. The number of nitrogens with two attached hydrogens (primary N) is 1. The first-order valence-corrected chi connectivity index (χ1v) is 5.50. The van der Waals surface area contributed by atoms with Gasteiger partial charge in [0.25, 0.3) is 0 Å². The van der Waals surface area contributed by atoms with E-state index < -0.39 is 0 Å². The Labute approximate surface area is 97.9 Å². The number of anilines is 1. The van der Waals surface area contributed by atoms with Gasteiger partial charge in [-0.3, -0.25) is 0 Å². The summed E-state index contributed by atoms with van der Waals surface area (Å²) in [4.78, 5) is 5.76. The van der Waals surface area contributed by atoms with E-state index in [2.05, 4.69) is 11.1 Å². The number of nitrogen functional groups attached to an aromatic ring is 1. The first-order valence-electron chi connectivity index (χ1n) is 4.69. The van der Waals surface area contributed by atoms with E-state index in [1.807, 2.05) is 36.4 Å². The van der Waals surface area contributed by atoms with Gasteiger partial charge in [0.2, 0.25) is 0 Å². The average molecular weight is 227 g/mol. The second-order valence-corrected chi connectivity index (χ2v) is 4.19. The minimum atomic E-state index is 0.427. The number of benzene rings is 1. The van der Waals surface area contributed by atoms with E-state index in [1.54, 1.807) is 6.20 Å². The number of para-hydroxylation sites is 1. The molecule has 2 rings (SSSR count). The molecule has 4 heteroatoms. The maximum Gasteiger partial charge on any atom is 0.154 e. The Hall–Kier alpha value is -1.99. The summed E-state index contributed by atoms with van der Waals surface area (Å²) in [6.45, 7) is 0. The molecule has 2 aromatic rings. The number of nitrogens with zero attached hydrogens (tertiary/aromatic N) is 2. The summed E-state index contributed by atoms with van der Waals surface area (Å²) in [6.07, 6.45) is 1.61. The lowest BCUT2D eigenvalue weighted by Crippen LogP contribution is -1.89. The zero-order valence-corrected chi connectivity index (χ0v) is 9.24. The SMILES string of the molecule is N#Cc1ncccc1Sc1ccccc1N. The molecule has 0 atom stereocenters. The summed E-state index contributed by atoms with van der Waals surface area (Å²) in [7, 11) is 0. The van der Waals surface area contributed by atoms with E-state index in [0.717, 1.165) is 9.79 Å². The maximum atomic E-state index is 8.91. The molecule has 0 bridgehead atoms. The molecule has 0 aliphatic rings. The molecule has 1 heterocycles. The van der Waals surface area contributed by atoms with Gasteiger partial charge in [0, 0.05) is 21.7 Å². The van der Waals surface area contributed by atoms with Crippen molar-refractivity contribution < 1.29 is 0 Å². The Kier molecular flexibility index (Phi) is 3.08. The molecular formula is C12H9N3S. The molecule has 0 radical (unpaired) electrons. The summed E-state index contributed by atoms with van der Waals surface area (Å²) in [6, 6.07) is 13.3. The molecule has 0 spiro atoms. The number of pyridine rings is 1. The second-order valence-electron chi connectivity index (χ2n) is 3.10. The molecule has 0 aliphatic heterocycles. The number of nitriles is 1. The average Bonchev–Trinajstić information content (AvgIpc) is 2.33. The largest absolute Gasteiger partial charge is 0.398 e. The van der Waals surface area contributed by atoms with Crippen LogP contribution in [0, 0.1) is 11.3 Å². The van der Waals surface area contributed by atoms with Gasteiger partial charge in [-0.25, -0.2) is 4.98 Å². The summed E-state index contributed by atoms with van der Waals surface area (Å²) >= 11 is 1.46. The van der Waals surface area contributed by atoms with Gasteiger partial charge in [-0.1, -0.05) is 23.9 Å². The third-order valence-electron chi connectivity index (χ3n) is 2.02. The van der Waals surface area contributed by atoms with Crippen molar-refractivity contribution in [3.63, 3.8) is 0 Å². The zero-order chi connectivity index (χ0) is 11.4. The molecule has 1 aromatic carbocycles. The van der Waals surface area contributed by atoms with Gasteiger partial charge in [-0.05, 0) is 24.3 Å². The Morgan fingerprint density at radius 3 is 2.62 bits per heavy atom. The normalized spacial score (nSPS) is 9.69. The molecule has 78 valence electrons. The second kappa shape index (κ2) is 4.69. The van der Waals surface area contributed by atoms with Crippen LogP contribution in [0.4, 0.5) is 5.69 Å². The van der Waals surface area contributed by atoms with Crippen molar-refractivity contribution in [2.45, 2.75) is 9.79 Å². The lowest BCUT2D eigenvalue weighted by atomic mass is 10.3. The van der Waals surface area contributed by atoms with Crippen LogP contribution in [-0.4, -0.2) is 4.98 Å². The highest BCUT2D eigenvalue weighted by Gasteiger charge is 2.06. The van der Waals surface area contributed by atoms with Gasteiger partial charge in [-0.2, -0.15) is 5.26 Å². The number of hydrogen-bond donors (Lipinski definition) is 1. The Morgan fingerprint density at radius 1 is 1.12 bits per heavy atom. The van der Waals surface area contributed by atoms with Crippen LogP contribution in [0.5, 0.6) is 0 Å². The van der Waals surface area contributed by atoms with Gasteiger partial charge in [0.05, 0.1) is 0 Å². The van der Waals surface area contributed by atoms with Crippen LogP contribution in [0.2, 0.25) is 0 Å². The Balaban J connectivity index is 2.35. The molecule has 3 nitrogen and oxygen atoms in total. The quantitative estimate of drug-likeness (QED) is 0.801. The predicted octanol–water partition coefficient (Wildman–Crippen LogP) is 2.69. The van der Waals surface area contributed by atoms with Gasteiger partial charge < -0.3 is 5.73 Å². The highest BCUT2D eigenvalue weighted by Crippen LogP contribution is 2.32. The van der Waals surface area contributed by atoms with Gasteiger partial charge in [-0.15, -0.1) is 0 Å². The zero-order valence-electron chi connectivity index (χ0n) is 8.42. The third kappa shape index (κ3) is 2.15. The van der Waals surface area contributed by atoms with Gasteiger partial charge >= 0.3 is 0 Å². The molecule has 16 heavy (non-hydrogen) atoms. The van der Waals surface area contributed by atoms with E-state index in [9.17, 15) is 0 Å². The standard InChI is InChI=1S/C12H9N3S/c13-8-10-12(6-3-7-15-10)16-11-5-2-1-4-9(11)14/h1-7H,14H2. The van der Waals surface area contributed by atoms with Crippen molar-refractivity contribution in [1.29, 1.82) is 5.26 Å². The molecule has 2 N–H and O–H groups in total. The van der Waals surface area contributed by atoms with E-state index in [0.29, 0.717) is 11.4 Å². The maximum absolute atomic E-state index is 8.91. The van der Waals surface area contributed by atoms with E-state index in [1.165, 1.54) is 11.8 Å². The van der Waals surface area contributed by atoms with Crippen molar-refractivity contribution >= 4 is 17.4 Å². The van der Waals surface area contributed by atoms with E-state index in [-0.39, 0.29) is 0 Å². The monoisotopic (exact) mass is 227 g/mol.